The van der Waals surface area contributed by atoms with Gasteiger partial charge in [-0.1, -0.05) is 32.1 Å². The molecule has 2 aliphatic rings. The molecule has 0 aromatic carbocycles. The molecule has 100 valence electrons. The summed E-state index contributed by atoms with van der Waals surface area (Å²) in [6, 6.07) is 0. The summed E-state index contributed by atoms with van der Waals surface area (Å²) in [5.41, 5.74) is 0. The third-order valence-electron chi connectivity index (χ3n) is 4.68. The minimum Gasteiger partial charge on any atom is -0.396 e. The summed E-state index contributed by atoms with van der Waals surface area (Å²) in [7, 11) is 0. The van der Waals surface area contributed by atoms with Crippen LogP contribution in [-0.4, -0.2) is 17.6 Å². The van der Waals surface area contributed by atoms with Gasteiger partial charge in [0.1, 0.15) is 0 Å². The lowest BCUT2D eigenvalue weighted by Crippen LogP contribution is -2.29. The maximum absolute atomic E-state index is 13.3. The van der Waals surface area contributed by atoms with Gasteiger partial charge in [0.05, 0.1) is 0 Å². The van der Waals surface area contributed by atoms with E-state index in [9.17, 15) is 13.9 Å². The van der Waals surface area contributed by atoms with Crippen molar-refractivity contribution in [3.63, 3.8) is 0 Å². The van der Waals surface area contributed by atoms with Gasteiger partial charge in [-0.15, -0.1) is 0 Å². The zero-order valence-corrected chi connectivity index (χ0v) is 10.5. The molecule has 0 heterocycles. The molecule has 2 aliphatic carbocycles. The highest BCUT2D eigenvalue weighted by atomic mass is 19.3. The van der Waals surface area contributed by atoms with Gasteiger partial charge in [0.25, 0.3) is 0 Å². The van der Waals surface area contributed by atoms with Crippen LogP contribution in [0.15, 0.2) is 0 Å². The summed E-state index contributed by atoms with van der Waals surface area (Å²) in [4.78, 5) is 0. The zero-order valence-electron chi connectivity index (χ0n) is 10.5. The first-order chi connectivity index (χ1) is 8.11. The van der Waals surface area contributed by atoms with Crippen LogP contribution in [0.1, 0.15) is 57.8 Å². The average Bonchev–Trinajstić information content (AvgIpc) is 2.78. The van der Waals surface area contributed by atoms with E-state index in [2.05, 4.69) is 0 Å². The molecule has 2 unspecified atom stereocenters. The zero-order chi connectivity index (χ0) is 12.3. The van der Waals surface area contributed by atoms with Gasteiger partial charge in [-0.2, -0.15) is 0 Å². The molecular weight excluding hydrogens is 222 g/mol. The molecule has 1 N–H and O–H groups in total. The summed E-state index contributed by atoms with van der Waals surface area (Å²) < 4.78 is 26.6. The van der Waals surface area contributed by atoms with Crippen LogP contribution < -0.4 is 0 Å². The van der Waals surface area contributed by atoms with Crippen molar-refractivity contribution in [1.29, 1.82) is 0 Å². The fourth-order valence-corrected chi connectivity index (χ4v) is 3.75. The first-order valence-corrected chi connectivity index (χ1v) is 7.09. The smallest absolute Gasteiger partial charge is 0.248 e. The lowest BCUT2D eigenvalue weighted by Gasteiger charge is -2.32. The lowest BCUT2D eigenvalue weighted by molar-refractivity contribution is -0.0582. The van der Waals surface area contributed by atoms with Gasteiger partial charge in [-0.05, 0) is 30.6 Å². The minimum absolute atomic E-state index is 0.0518. The van der Waals surface area contributed by atoms with E-state index in [1.165, 1.54) is 25.7 Å². The van der Waals surface area contributed by atoms with Crippen molar-refractivity contribution >= 4 is 0 Å². The fraction of sp³-hybridized carbons (Fsp3) is 1.00. The molecule has 2 fully saturated rings. The van der Waals surface area contributed by atoms with Gasteiger partial charge in [-0.3, -0.25) is 0 Å². The summed E-state index contributed by atoms with van der Waals surface area (Å²) in [5.74, 6) is -1.44. The van der Waals surface area contributed by atoms with E-state index in [0.717, 1.165) is 12.8 Å². The van der Waals surface area contributed by atoms with Crippen molar-refractivity contribution in [2.24, 2.45) is 17.8 Å². The molecule has 0 aromatic rings. The maximum Gasteiger partial charge on any atom is 0.248 e. The SMILES string of the molecule is OCC(CC1CCCC(F)(F)C1)C1CCCC1. The number of alkyl halides is 2. The molecule has 2 saturated carbocycles. The Kier molecular flexibility index (Phi) is 4.40. The summed E-state index contributed by atoms with van der Waals surface area (Å²) in [5, 5.41) is 9.46. The van der Waals surface area contributed by atoms with E-state index < -0.39 is 5.92 Å². The summed E-state index contributed by atoms with van der Waals surface area (Å²) in [6.07, 6.45) is 7.40. The third-order valence-corrected chi connectivity index (χ3v) is 4.68. The second-order valence-corrected chi connectivity index (χ2v) is 6.04. The van der Waals surface area contributed by atoms with E-state index in [0.29, 0.717) is 12.3 Å². The van der Waals surface area contributed by atoms with Gasteiger partial charge in [-0.25, -0.2) is 8.78 Å². The lowest BCUT2D eigenvalue weighted by atomic mass is 9.77. The van der Waals surface area contributed by atoms with Gasteiger partial charge < -0.3 is 5.11 Å². The van der Waals surface area contributed by atoms with Crippen LogP contribution in [0.2, 0.25) is 0 Å². The molecule has 0 saturated heterocycles. The molecule has 0 spiro atoms. The van der Waals surface area contributed by atoms with Crippen LogP contribution in [0.3, 0.4) is 0 Å². The number of hydrogen-bond donors (Lipinski definition) is 1. The Hall–Kier alpha value is -0.180. The van der Waals surface area contributed by atoms with E-state index in [1.54, 1.807) is 0 Å². The number of aliphatic hydroxyl groups excluding tert-OH is 1. The van der Waals surface area contributed by atoms with Crippen molar-refractivity contribution in [2.75, 3.05) is 6.61 Å². The Balaban J connectivity index is 1.85. The molecule has 0 aromatic heterocycles. The molecule has 1 nitrogen and oxygen atoms in total. The molecule has 2 atom stereocenters. The van der Waals surface area contributed by atoms with Gasteiger partial charge in [0, 0.05) is 19.4 Å². The second-order valence-electron chi connectivity index (χ2n) is 6.04. The summed E-state index contributed by atoms with van der Waals surface area (Å²) in [6.45, 7) is 0.187. The van der Waals surface area contributed by atoms with Crippen LogP contribution in [0, 0.1) is 17.8 Å². The van der Waals surface area contributed by atoms with E-state index >= 15 is 0 Å². The largest absolute Gasteiger partial charge is 0.396 e. The van der Waals surface area contributed by atoms with Crippen LogP contribution in [-0.2, 0) is 0 Å². The minimum atomic E-state index is -2.45. The highest BCUT2D eigenvalue weighted by Crippen LogP contribution is 2.42. The fourth-order valence-electron chi connectivity index (χ4n) is 3.75. The Morgan fingerprint density at radius 2 is 1.82 bits per heavy atom. The van der Waals surface area contributed by atoms with E-state index in [4.69, 9.17) is 0 Å². The molecular formula is C14H24F2O. The number of hydrogen-bond acceptors (Lipinski definition) is 1. The monoisotopic (exact) mass is 246 g/mol. The second kappa shape index (κ2) is 5.64. The highest BCUT2D eigenvalue weighted by Gasteiger charge is 2.37. The van der Waals surface area contributed by atoms with Gasteiger partial charge in [0.15, 0.2) is 0 Å². The Morgan fingerprint density at radius 1 is 1.12 bits per heavy atom. The molecule has 2 rings (SSSR count). The van der Waals surface area contributed by atoms with Crippen LogP contribution in [0.5, 0.6) is 0 Å². The third kappa shape index (κ3) is 3.64. The predicted octanol–water partition coefficient (Wildman–Crippen LogP) is 4.00. The van der Waals surface area contributed by atoms with Crippen molar-refractivity contribution in [3.05, 3.63) is 0 Å². The van der Waals surface area contributed by atoms with Crippen molar-refractivity contribution in [3.8, 4) is 0 Å². The molecule has 0 radical (unpaired) electrons. The summed E-state index contributed by atoms with van der Waals surface area (Å²) >= 11 is 0. The maximum atomic E-state index is 13.3. The van der Waals surface area contributed by atoms with Crippen LogP contribution in [0.25, 0.3) is 0 Å². The highest BCUT2D eigenvalue weighted by molar-refractivity contribution is 4.83. The number of rotatable bonds is 4. The van der Waals surface area contributed by atoms with Crippen LogP contribution >= 0.6 is 0 Å². The normalized spacial score (nSPS) is 31.6. The Bertz CT molecular complexity index is 236. The standard InChI is InChI=1S/C14H24F2O/c15-14(16)7-3-4-11(9-14)8-13(10-17)12-5-1-2-6-12/h11-13,17H,1-10H2. The van der Waals surface area contributed by atoms with Gasteiger partial charge in [0.2, 0.25) is 5.92 Å². The molecule has 0 bridgehead atoms. The van der Waals surface area contributed by atoms with Crippen LogP contribution in [0.4, 0.5) is 8.78 Å². The van der Waals surface area contributed by atoms with Gasteiger partial charge >= 0.3 is 0 Å². The quantitative estimate of drug-likeness (QED) is 0.795. The number of aliphatic hydroxyl groups is 1. The van der Waals surface area contributed by atoms with Crippen molar-refractivity contribution in [2.45, 2.75) is 63.7 Å². The van der Waals surface area contributed by atoms with E-state index in [-0.39, 0.29) is 31.3 Å². The molecule has 0 amide bonds. The Morgan fingerprint density at radius 3 is 2.41 bits per heavy atom. The molecule has 17 heavy (non-hydrogen) atoms. The van der Waals surface area contributed by atoms with E-state index in [1.807, 2.05) is 0 Å². The average molecular weight is 246 g/mol. The molecule has 3 heteroatoms. The van der Waals surface area contributed by atoms with Crippen molar-refractivity contribution in [1.82, 2.24) is 0 Å². The molecule has 0 aliphatic heterocycles. The number of halogens is 2. The Labute approximate surface area is 103 Å². The first kappa shape index (κ1) is 13.3. The first-order valence-electron chi connectivity index (χ1n) is 7.09. The predicted molar refractivity (Wildman–Crippen MR) is 64.1 cm³/mol. The topological polar surface area (TPSA) is 20.2 Å². The van der Waals surface area contributed by atoms with Crippen molar-refractivity contribution < 1.29 is 13.9 Å².